The summed E-state index contributed by atoms with van der Waals surface area (Å²) in [4.78, 5) is 38.6. The van der Waals surface area contributed by atoms with Crippen LogP contribution in [-0.4, -0.2) is 59.5 Å². The number of rotatable bonds is 4. The SMILES string of the molecule is C=C(F)C(=O)N1CCN(c2nc(OC)nc3c2NC(=O)C2(CCCc4c2ccc(C)c4Cl)C3)CC1CC#N. The van der Waals surface area contributed by atoms with E-state index < -0.39 is 23.2 Å². The lowest BCUT2D eigenvalue weighted by Crippen LogP contribution is -2.56. The molecular weight excluding hydrogens is 511 g/mol. The third-order valence-corrected chi connectivity index (χ3v) is 8.38. The third kappa shape index (κ3) is 4.15. The number of aryl methyl sites for hydroxylation is 1. The molecule has 0 radical (unpaired) electrons. The Morgan fingerprint density at radius 2 is 2.18 bits per heavy atom. The zero-order chi connectivity index (χ0) is 27.2. The van der Waals surface area contributed by atoms with Crippen molar-refractivity contribution in [1.82, 2.24) is 14.9 Å². The highest BCUT2D eigenvalue weighted by molar-refractivity contribution is 6.32. The van der Waals surface area contributed by atoms with Crippen molar-refractivity contribution >= 4 is 34.9 Å². The van der Waals surface area contributed by atoms with Gasteiger partial charge in [0.2, 0.25) is 5.91 Å². The number of benzene rings is 1. The summed E-state index contributed by atoms with van der Waals surface area (Å²) in [5.74, 6) is -1.59. The number of hydrogen-bond donors (Lipinski definition) is 1. The van der Waals surface area contributed by atoms with Crippen molar-refractivity contribution in [2.45, 2.75) is 50.5 Å². The molecule has 0 saturated carbocycles. The van der Waals surface area contributed by atoms with Crippen LogP contribution in [0.15, 0.2) is 24.5 Å². The van der Waals surface area contributed by atoms with Gasteiger partial charge in [0.15, 0.2) is 11.6 Å². The number of ether oxygens (including phenoxy) is 1. The Morgan fingerprint density at radius 3 is 2.89 bits per heavy atom. The highest BCUT2D eigenvalue weighted by Gasteiger charge is 2.49. The van der Waals surface area contributed by atoms with Gasteiger partial charge >= 0.3 is 6.01 Å². The number of aromatic nitrogens is 2. The van der Waals surface area contributed by atoms with Gasteiger partial charge in [0.05, 0.1) is 36.8 Å². The first-order chi connectivity index (χ1) is 18.2. The monoisotopic (exact) mass is 538 g/mol. The summed E-state index contributed by atoms with van der Waals surface area (Å²) in [6, 6.07) is 5.59. The second-order valence-electron chi connectivity index (χ2n) is 10.0. The Bertz CT molecular complexity index is 1390. The Kier molecular flexibility index (Phi) is 6.73. The number of nitriles is 1. The minimum atomic E-state index is -1.07. The minimum absolute atomic E-state index is 0.00631. The average molecular weight is 539 g/mol. The van der Waals surface area contributed by atoms with Gasteiger partial charge in [0.25, 0.3) is 5.91 Å². The van der Waals surface area contributed by atoms with Crippen LogP contribution in [-0.2, 0) is 27.8 Å². The molecule has 1 aliphatic carbocycles. The van der Waals surface area contributed by atoms with E-state index in [1.165, 1.54) is 12.0 Å². The van der Waals surface area contributed by atoms with E-state index in [1.54, 1.807) is 0 Å². The lowest BCUT2D eigenvalue weighted by atomic mass is 9.65. The van der Waals surface area contributed by atoms with Crippen LogP contribution in [0.3, 0.4) is 0 Å². The number of piperazine rings is 1. The van der Waals surface area contributed by atoms with E-state index in [4.69, 9.17) is 16.3 Å². The van der Waals surface area contributed by atoms with Gasteiger partial charge < -0.3 is 19.9 Å². The predicted molar refractivity (Wildman–Crippen MR) is 140 cm³/mol. The standard InChI is InChI=1S/C27H28ClFN6O3/c1-15-6-7-19-18(21(15)28)5-4-9-27(19)13-20-22(32-25(27)37)23(33-26(31-20)38-3)34-11-12-35(24(36)16(2)29)17(14-34)8-10-30/h6-7,17H,2,4-5,8-9,11-14H2,1,3H3,(H,32,37). The molecular formula is C27H28ClFN6O3. The topological polar surface area (TPSA) is 111 Å². The van der Waals surface area contributed by atoms with Gasteiger partial charge in [0.1, 0.15) is 5.69 Å². The highest BCUT2D eigenvalue weighted by atomic mass is 35.5. The number of carbonyl (C=O) groups excluding carboxylic acids is 2. The number of carbonyl (C=O) groups is 2. The number of hydrogen-bond acceptors (Lipinski definition) is 7. The third-order valence-electron chi connectivity index (χ3n) is 7.85. The van der Waals surface area contributed by atoms with Crippen LogP contribution in [0.1, 0.15) is 41.6 Å². The van der Waals surface area contributed by atoms with Crippen molar-refractivity contribution in [1.29, 1.82) is 5.26 Å². The summed E-state index contributed by atoms with van der Waals surface area (Å²) < 4.78 is 19.1. The van der Waals surface area contributed by atoms with E-state index in [-0.39, 0.29) is 31.4 Å². The number of halogens is 2. The van der Waals surface area contributed by atoms with Gasteiger partial charge in [-0.2, -0.15) is 15.2 Å². The van der Waals surface area contributed by atoms with Gasteiger partial charge in [-0.3, -0.25) is 9.59 Å². The second-order valence-corrected chi connectivity index (χ2v) is 10.4. The van der Waals surface area contributed by atoms with Crippen LogP contribution in [0.4, 0.5) is 15.9 Å². The number of nitrogens with zero attached hydrogens (tertiary/aromatic N) is 5. The zero-order valence-corrected chi connectivity index (χ0v) is 22.1. The molecule has 1 spiro atoms. The van der Waals surface area contributed by atoms with E-state index in [2.05, 4.69) is 27.9 Å². The summed E-state index contributed by atoms with van der Waals surface area (Å²) in [6.45, 7) is 5.77. The fourth-order valence-electron chi connectivity index (χ4n) is 5.95. The van der Waals surface area contributed by atoms with Crippen LogP contribution in [0.2, 0.25) is 5.02 Å². The molecule has 2 aliphatic heterocycles. The van der Waals surface area contributed by atoms with Crippen LogP contribution in [0.25, 0.3) is 0 Å². The molecule has 2 atom stereocenters. The van der Waals surface area contributed by atoms with Gasteiger partial charge in [-0.05, 0) is 42.9 Å². The molecule has 9 nitrogen and oxygen atoms in total. The van der Waals surface area contributed by atoms with Crippen molar-refractivity contribution < 1.29 is 18.7 Å². The maximum absolute atomic E-state index is 13.9. The van der Waals surface area contributed by atoms with Gasteiger partial charge in [-0.15, -0.1) is 0 Å². The van der Waals surface area contributed by atoms with Crippen molar-refractivity contribution in [2.24, 2.45) is 0 Å². The van der Waals surface area contributed by atoms with Crippen molar-refractivity contribution in [3.05, 3.63) is 51.9 Å². The molecule has 3 heterocycles. The smallest absolute Gasteiger partial charge is 0.318 e. The normalized spacial score (nSPS) is 22.3. The van der Waals surface area contributed by atoms with Gasteiger partial charge in [0, 0.05) is 31.1 Å². The largest absolute Gasteiger partial charge is 0.467 e. The first-order valence-corrected chi connectivity index (χ1v) is 12.9. The fraction of sp³-hybridized carbons (Fsp3) is 0.444. The average Bonchev–Trinajstić information content (AvgIpc) is 2.91. The molecule has 1 aromatic carbocycles. The van der Waals surface area contributed by atoms with Crippen molar-refractivity contribution in [3.8, 4) is 12.1 Å². The molecule has 5 rings (SSSR count). The maximum Gasteiger partial charge on any atom is 0.318 e. The highest BCUT2D eigenvalue weighted by Crippen LogP contribution is 2.48. The second kappa shape index (κ2) is 9.87. The van der Waals surface area contributed by atoms with Crippen LogP contribution >= 0.6 is 11.6 Å². The molecule has 2 aromatic rings. The molecule has 1 N–H and O–H groups in total. The van der Waals surface area contributed by atoms with Crippen LogP contribution in [0.5, 0.6) is 6.01 Å². The number of methoxy groups -OCH3 is 1. The van der Waals surface area contributed by atoms with E-state index in [0.29, 0.717) is 41.6 Å². The summed E-state index contributed by atoms with van der Waals surface area (Å²) in [6.07, 6.45) is 2.65. The molecule has 0 bridgehead atoms. The van der Waals surface area contributed by atoms with E-state index >= 15 is 0 Å². The molecule has 198 valence electrons. The van der Waals surface area contributed by atoms with E-state index in [9.17, 15) is 19.2 Å². The first-order valence-electron chi connectivity index (χ1n) is 12.5. The zero-order valence-electron chi connectivity index (χ0n) is 21.3. The molecule has 1 saturated heterocycles. The molecule has 1 aromatic heterocycles. The molecule has 11 heteroatoms. The summed E-state index contributed by atoms with van der Waals surface area (Å²) >= 11 is 6.67. The van der Waals surface area contributed by atoms with Crippen molar-refractivity contribution in [3.63, 3.8) is 0 Å². The Labute approximate surface area is 225 Å². The minimum Gasteiger partial charge on any atom is -0.467 e. The maximum atomic E-state index is 13.9. The number of fused-ring (bicyclic) bond motifs is 3. The van der Waals surface area contributed by atoms with E-state index in [1.807, 2.05) is 24.0 Å². The molecule has 2 amide bonds. The number of anilines is 2. The summed E-state index contributed by atoms with van der Waals surface area (Å²) in [7, 11) is 1.48. The molecule has 2 unspecified atom stereocenters. The predicted octanol–water partition coefficient (Wildman–Crippen LogP) is 3.63. The van der Waals surface area contributed by atoms with Crippen LogP contribution < -0.4 is 15.0 Å². The fourth-order valence-corrected chi connectivity index (χ4v) is 6.21. The van der Waals surface area contributed by atoms with Gasteiger partial charge in [-0.1, -0.05) is 30.3 Å². The Morgan fingerprint density at radius 1 is 1.39 bits per heavy atom. The van der Waals surface area contributed by atoms with Crippen molar-refractivity contribution in [2.75, 3.05) is 37.0 Å². The number of nitrogens with one attached hydrogen (secondary N) is 1. The first kappa shape index (κ1) is 25.9. The number of amides is 2. The quantitative estimate of drug-likeness (QED) is 0.592. The Hall–Kier alpha value is -3.71. The molecule has 1 fully saturated rings. The van der Waals surface area contributed by atoms with Crippen LogP contribution in [0, 0.1) is 18.3 Å². The Balaban J connectivity index is 1.54. The summed E-state index contributed by atoms with van der Waals surface area (Å²) in [5, 5.41) is 13.1. The van der Waals surface area contributed by atoms with E-state index in [0.717, 1.165) is 29.5 Å². The molecule has 38 heavy (non-hydrogen) atoms. The lowest BCUT2D eigenvalue weighted by molar-refractivity contribution is -0.131. The lowest BCUT2D eigenvalue weighted by Gasteiger charge is -2.44. The summed E-state index contributed by atoms with van der Waals surface area (Å²) in [5.41, 5.74) is 3.22. The molecule has 3 aliphatic rings. The van der Waals surface area contributed by atoms with Gasteiger partial charge in [-0.25, -0.2) is 4.39 Å².